The molecule has 0 radical (unpaired) electrons. The Labute approximate surface area is 205 Å². The van der Waals surface area contributed by atoms with E-state index >= 15 is 0 Å². The van der Waals surface area contributed by atoms with Crippen molar-refractivity contribution in [3.05, 3.63) is 53.1 Å². The molecular formula is C23H30ClN3O6S. The average molecular weight is 512 g/mol. The summed E-state index contributed by atoms with van der Waals surface area (Å²) in [6, 6.07) is 10.7. The Kier molecular flexibility index (Phi) is 9.57. The van der Waals surface area contributed by atoms with E-state index in [1.807, 2.05) is 0 Å². The number of nitrogens with one attached hydrogen (secondary N) is 1. The Morgan fingerprint density at radius 1 is 1.12 bits per heavy atom. The van der Waals surface area contributed by atoms with Crippen molar-refractivity contribution in [2.24, 2.45) is 0 Å². The number of likely N-dealkylation sites (N-methyl/N-ethyl adjacent to an activating group) is 1. The fourth-order valence-electron chi connectivity index (χ4n) is 3.48. The first-order valence-corrected chi connectivity index (χ1v) is 12.7. The first-order chi connectivity index (χ1) is 16.0. The molecule has 1 N–H and O–H groups in total. The van der Waals surface area contributed by atoms with Crippen LogP contribution in [0.15, 0.2) is 42.5 Å². The van der Waals surface area contributed by atoms with Gasteiger partial charge in [0.2, 0.25) is 21.8 Å². The molecule has 2 aromatic rings. The third-order valence-corrected chi connectivity index (χ3v) is 6.66. The van der Waals surface area contributed by atoms with Gasteiger partial charge in [-0.2, -0.15) is 0 Å². The fraction of sp³-hybridized carbons (Fsp3) is 0.391. The molecule has 0 unspecified atom stereocenters. The van der Waals surface area contributed by atoms with Gasteiger partial charge >= 0.3 is 0 Å². The minimum atomic E-state index is -3.86. The van der Waals surface area contributed by atoms with Crippen molar-refractivity contribution in [2.45, 2.75) is 25.9 Å². The average Bonchev–Trinajstić information content (AvgIpc) is 2.81. The van der Waals surface area contributed by atoms with Crippen molar-refractivity contribution >= 4 is 39.1 Å². The summed E-state index contributed by atoms with van der Waals surface area (Å²) in [5.41, 5.74) is 0.935. The van der Waals surface area contributed by atoms with Crippen LogP contribution in [0.25, 0.3) is 0 Å². The van der Waals surface area contributed by atoms with Crippen LogP contribution < -0.4 is 19.1 Å². The molecule has 9 nitrogen and oxygen atoms in total. The maximum absolute atomic E-state index is 13.5. The molecule has 2 rings (SSSR count). The van der Waals surface area contributed by atoms with E-state index in [1.165, 1.54) is 44.4 Å². The van der Waals surface area contributed by atoms with Crippen LogP contribution >= 0.6 is 11.6 Å². The van der Waals surface area contributed by atoms with Gasteiger partial charge in [-0.1, -0.05) is 30.7 Å². The maximum atomic E-state index is 13.5. The van der Waals surface area contributed by atoms with Gasteiger partial charge in [-0.15, -0.1) is 0 Å². The van der Waals surface area contributed by atoms with Gasteiger partial charge < -0.3 is 19.7 Å². The van der Waals surface area contributed by atoms with E-state index in [4.69, 9.17) is 21.1 Å². The molecule has 186 valence electrons. The van der Waals surface area contributed by atoms with E-state index in [2.05, 4.69) is 5.32 Å². The van der Waals surface area contributed by atoms with E-state index in [-0.39, 0.29) is 23.2 Å². The molecule has 0 spiro atoms. The molecule has 11 heteroatoms. The van der Waals surface area contributed by atoms with Crippen LogP contribution in [0, 0.1) is 0 Å². The lowest BCUT2D eigenvalue weighted by Crippen LogP contribution is -2.51. The van der Waals surface area contributed by atoms with Crippen LogP contribution in [-0.4, -0.2) is 65.2 Å². The molecule has 0 bridgehead atoms. The number of nitrogens with zero attached hydrogens (tertiary/aromatic N) is 2. The molecule has 1 atom stereocenters. The number of methoxy groups -OCH3 is 2. The van der Waals surface area contributed by atoms with E-state index in [0.29, 0.717) is 17.9 Å². The molecule has 0 aliphatic carbocycles. The number of ether oxygens (including phenoxy) is 2. The maximum Gasteiger partial charge on any atom is 0.244 e. The lowest BCUT2D eigenvalue weighted by Gasteiger charge is -2.32. The largest absolute Gasteiger partial charge is 0.497 e. The third kappa shape index (κ3) is 6.77. The number of carbonyl (C=O) groups excluding carboxylic acids is 2. The smallest absolute Gasteiger partial charge is 0.244 e. The minimum absolute atomic E-state index is 0.0862. The zero-order chi connectivity index (χ0) is 25.5. The lowest BCUT2D eigenvalue weighted by atomic mass is 10.1. The van der Waals surface area contributed by atoms with Crippen LogP contribution in [-0.2, 0) is 26.2 Å². The second-order valence-corrected chi connectivity index (χ2v) is 9.81. The fourth-order valence-corrected chi connectivity index (χ4v) is 4.57. The summed E-state index contributed by atoms with van der Waals surface area (Å²) in [6.07, 6.45) is 1.34. The number of sulfonamides is 1. The summed E-state index contributed by atoms with van der Waals surface area (Å²) in [4.78, 5) is 27.5. The monoisotopic (exact) mass is 511 g/mol. The first-order valence-electron chi connectivity index (χ1n) is 10.5. The predicted octanol–water partition coefficient (Wildman–Crippen LogP) is 2.68. The Balaban J connectivity index is 2.46. The zero-order valence-corrected chi connectivity index (χ0v) is 21.4. The molecule has 0 fully saturated rings. The van der Waals surface area contributed by atoms with Crippen LogP contribution in [0.1, 0.15) is 18.9 Å². The van der Waals surface area contributed by atoms with Crippen molar-refractivity contribution in [3.63, 3.8) is 0 Å². The van der Waals surface area contributed by atoms with Crippen molar-refractivity contribution < 1.29 is 27.5 Å². The van der Waals surface area contributed by atoms with Crippen LogP contribution in [0.5, 0.6) is 11.5 Å². The number of hydrogen-bond acceptors (Lipinski definition) is 6. The van der Waals surface area contributed by atoms with Gasteiger partial charge in [0.1, 0.15) is 24.1 Å². The number of benzene rings is 2. The Hall–Kier alpha value is -2.98. The summed E-state index contributed by atoms with van der Waals surface area (Å²) in [6.45, 7) is 1.35. The highest BCUT2D eigenvalue weighted by Gasteiger charge is 2.31. The summed E-state index contributed by atoms with van der Waals surface area (Å²) in [5.74, 6) is 0.0758. The highest BCUT2D eigenvalue weighted by molar-refractivity contribution is 7.92. The lowest BCUT2D eigenvalue weighted by molar-refractivity contribution is -0.140. The molecule has 0 heterocycles. The second-order valence-electron chi connectivity index (χ2n) is 7.50. The number of rotatable bonds is 11. The normalized spacial score (nSPS) is 11.9. The SMILES string of the molecule is CC[C@@H](C(=O)NC)N(Cc1cccc(OC)c1)C(=O)CN(c1ccc(OC)c(Cl)c1)S(C)(=O)=O. The summed E-state index contributed by atoms with van der Waals surface area (Å²) in [5, 5.41) is 2.77. The Morgan fingerprint density at radius 3 is 2.35 bits per heavy atom. The van der Waals surface area contributed by atoms with Crippen molar-refractivity contribution in [1.82, 2.24) is 10.2 Å². The van der Waals surface area contributed by atoms with E-state index in [0.717, 1.165) is 16.1 Å². The van der Waals surface area contributed by atoms with Crippen molar-refractivity contribution in [3.8, 4) is 11.5 Å². The number of anilines is 1. The molecule has 0 saturated heterocycles. The molecule has 2 aromatic carbocycles. The van der Waals surface area contributed by atoms with E-state index in [1.54, 1.807) is 31.2 Å². The molecule has 34 heavy (non-hydrogen) atoms. The van der Waals surface area contributed by atoms with Gasteiger partial charge in [0.25, 0.3) is 0 Å². The number of halogens is 1. The van der Waals surface area contributed by atoms with Gasteiger partial charge in [-0.05, 0) is 42.3 Å². The Bertz CT molecular complexity index is 1130. The molecule has 0 aliphatic heterocycles. The molecule has 2 amide bonds. The van der Waals surface area contributed by atoms with Gasteiger partial charge in [0.15, 0.2) is 0 Å². The first kappa shape index (κ1) is 27.3. The van der Waals surface area contributed by atoms with Crippen molar-refractivity contribution in [1.29, 1.82) is 0 Å². The van der Waals surface area contributed by atoms with Crippen molar-refractivity contribution in [2.75, 3.05) is 38.4 Å². The van der Waals surface area contributed by atoms with Gasteiger partial charge in [-0.25, -0.2) is 8.42 Å². The highest BCUT2D eigenvalue weighted by Crippen LogP contribution is 2.30. The van der Waals surface area contributed by atoms with E-state index < -0.39 is 28.5 Å². The van der Waals surface area contributed by atoms with Gasteiger partial charge in [0.05, 0.1) is 31.2 Å². The number of amides is 2. The number of carbonyl (C=O) groups is 2. The Morgan fingerprint density at radius 2 is 1.82 bits per heavy atom. The quantitative estimate of drug-likeness (QED) is 0.497. The predicted molar refractivity (Wildman–Crippen MR) is 132 cm³/mol. The zero-order valence-electron chi connectivity index (χ0n) is 19.9. The third-order valence-electron chi connectivity index (χ3n) is 5.22. The summed E-state index contributed by atoms with van der Waals surface area (Å²) in [7, 11) is 0.605. The standard InChI is InChI=1S/C23H30ClN3O6S/c1-6-20(23(29)25-2)26(14-16-8-7-9-18(12-16)32-3)22(28)15-27(34(5,30)31)17-10-11-21(33-4)19(24)13-17/h7-13,20H,6,14-15H2,1-5H3,(H,25,29)/t20-/m0/s1. The summed E-state index contributed by atoms with van der Waals surface area (Å²) >= 11 is 6.19. The molecule has 0 saturated carbocycles. The van der Waals surface area contributed by atoms with Gasteiger partial charge in [0, 0.05) is 13.6 Å². The second kappa shape index (κ2) is 11.9. The van der Waals surface area contributed by atoms with Gasteiger partial charge in [-0.3, -0.25) is 13.9 Å². The van der Waals surface area contributed by atoms with E-state index in [9.17, 15) is 18.0 Å². The summed E-state index contributed by atoms with van der Waals surface area (Å²) < 4.78 is 36.6. The van der Waals surface area contributed by atoms with Crippen LogP contribution in [0.4, 0.5) is 5.69 Å². The molecular weight excluding hydrogens is 482 g/mol. The van der Waals surface area contributed by atoms with Crippen LogP contribution in [0.3, 0.4) is 0 Å². The minimum Gasteiger partial charge on any atom is -0.497 e. The van der Waals surface area contributed by atoms with Crippen LogP contribution in [0.2, 0.25) is 5.02 Å². The highest BCUT2D eigenvalue weighted by atomic mass is 35.5. The molecule has 0 aliphatic rings. The number of hydrogen-bond donors (Lipinski definition) is 1. The molecule has 0 aromatic heterocycles. The topological polar surface area (TPSA) is 105 Å².